The van der Waals surface area contributed by atoms with E-state index < -0.39 is 41.9 Å². The summed E-state index contributed by atoms with van der Waals surface area (Å²) in [5, 5.41) is 5.19. The average Bonchev–Trinajstić information content (AvgIpc) is 3.49. The fourth-order valence-electron chi connectivity index (χ4n) is 4.53. The molecular formula is C27H22F6N4O4S. The number of carbonyl (C=O) groups excluding carboxylic acids is 2. The number of esters is 1. The van der Waals surface area contributed by atoms with Crippen LogP contribution in [0, 0.1) is 0 Å². The van der Waals surface area contributed by atoms with Crippen molar-refractivity contribution < 1.29 is 45.4 Å². The predicted octanol–water partition coefficient (Wildman–Crippen LogP) is 5.36. The van der Waals surface area contributed by atoms with Crippen molar-refractivity contribution in [2.45, 2.75) is 31.9 Å². The Morgan fingerprint density at radius 3 is 2.64 bits per heavy atom. The van der Waals surface area contributed by atoms with Crippen molar-refractivity contribution in [1.82, 2.24) is 14.7 Å². The molecule has 8 nitrogen and oxygen atoms in total. The molecule has 2 aliphatic heterocycles. The maximum absolute atomic E-state index is 13.6. The fourth-order valence-corrected chi connectivity index (χ4v) is 5.47. The molecule has 0 bridgehead atoms. The van der Waals surface area contributed by atoms with Crippen molar-refractivity contribution in [1.29, 1.82) is 0 Å². The first kappa shape index (κ1) is 29.6. The van der Waals surface area contributed by atoms with Crippen LogP contribution in [-0.2, 0) is 38.0 Å². The number of alkyl halides is 6. The second-order valence-corrected chi connectivity index (χ2v) is 10.5. The van der Waals surface area contributed by atoms with E-state index in [0.29, 0.717) is 52.3 Å². The lowest BCUT2D eigenvalue weighted by Crippen LogP contribution is -2.46. The summed E-state index contributed by atoms with van der Waals surface area (Å²) in [6, 6.07) is 6.49. The number of morpholine rings is 1. The van der Waals surface area contributed by atoms with Gasteiger partial charge in [-0.25, -0.2) is 0 Å². The second-order valence-electron chi connectivity index (χ2n) is 9.54. The number of aliphatic imine (C=N–C) groups is 1. The van der Waals surface area contributed by atoms with Gasteiger partial charge in [-0.15, -0.1) is 0 Å². The number of carbonyl (C=O) groups is 2. The third kappa shape index (κ3) is 6.62. The molecule has 3 aromatic rings. The van der Waals surface area contributed by atoms with Crippen molar-refractivity contribution in [3.8, 4) is 0 Å². The van der Waals surface area contributed by atoms with Gasteiger partial charge in [0.25, 0.3) is 5.91 Å². The Morgan fingerprint density at radius 2 is 1.93 bits per heavy atom. The quantitative estimate of drug-likeness (QED) is 0.218. The number of benzene rings is 2. The summed E-state index contributed by atoms with van der Waals surface area (Å²) in [7, 11) is 0. The molecular weight excluding hydrogens is 590 g/mol. The van der Waals surface area contributed by atoms with Crippen LogP contribution in [0.25, 0.3) is 17.0 Å². The third-order valence-electron chi connectivity index (χ3n) is 6.52. The lowest BCUT2D eigenvalue weighted by Gasteiger charge is -2.33. The first-order valence-electron chi connectivity index (χ1n) is 12.5. The lowest BCUT2D eigenvalue weighted by molar-refractivity contribution is -0.147. The third-order valence-corrected chi connectivity index (χ3v) is 7.56. The van der Waals surface area contributed by atoms with E-state index in [1.54, 1.807) is 24.3 Å². The number of hydrogen-bond donors (Lipinski definition) is 0. The van der Waals surface area contributed by atoms with Gasteiger partial charge in [0.05, 0.1) is 40.9 Å². The standard InChI is InChI=1S/C27H22F6N4O4S/c1-15(38)41-14-20-13-36(6-7-40-20)25-35-24(39)23(42-25)9-16-2-5-22-18(8-16)11-34-37(22)12-17-3-4-19(26(28,29)30)10-21(17)27(31,32)33/h2-5,8-11,20H,6-7,12-14H2,1H3. The predicted molar refractivity (Wildman–Crippen MR) is 141 cm³/mol. The molecule has 1 unspecified atom stereocenters. The highest BCUT2D eigenvalue weighted by Crippen LogP contribution is 2.38. The van der Waals surface area contributed by atoms with Crippen LogP contribution in [0.3, 0.4) is 0 Å². The SMILES string of the molecule is CC(=O)OCC1CN(C2=NC(=O)C(=Cc3ccc4c(cnn4Cc4ccc(C(F)(F)F)cc4C(F)(F)F)c3)S2)CCO1. The number of amidine groups is 1. The largest absolute Gasteiger partial charge is 0.463 e. The van der Waals surface area contributed by atoms with Crippen molar-refractivity contribution in [3.05, 3.63) is 69.8 Å². The molecule has 2 aliphatic rings. The van der Waals surface area contributed by atoms with E-state index in [1.807, 2.05) is 4.90 Å². The lowest BCUT2D eigenvalue weighted by atomic mass is 10.0. The summed E-state index contributed by atoms with van der Waals surface area (Å²) in [6.45, 7) is 2.25. The molecule has 1 amide bonds. The number of fused-ring (bicyclic) bond motifs is 1. The minimum absolute atomic E-state index is 0.0878. The number of rotatable bonds is 5. The molecule has 1 aromatic heterocycles. The molecule has 0 aliphatic carbocycles. The Balaban J connectivity index is 1.32. The van der Waals surface area contributed by atoms with Gasteiger partial charge in [-0.05, 0) is 53.2 Å². The molecule has 222 valence electrons. The van der Waals surface area contributed by atoms with Crippen LogP contribution in [0.5, 0.6) is 0 Å². The van der Waals surface area contributed by atoms with Crippen LogP contribution in [0.1, 0.15) is 29.2 Å². The first-order valence-corrected chi connectivity index (χ1v) is 13.3. The molecule has 1 saturated heterocycles. The van der Waals surface area contributed by atoms with Crippen LogP contribution < -0.4 is 0 Å². The van der Waals surface area contributed by atoms with Crippen LogP contribution in [-0.4, -0.2) is 64.1 Å². The normalized spacial score (nSPS) is 19.1. The maximum Gasteiger partial charge on any atom is 0.416 e. The van der Waals surface area contributed by atoms with E-state index in [4.69, 9.17) is 9.47 Å². The Hall–Kier alpha value is -3.85. The summed E-state index contributed by atoms with van der Waals surface area (Å²) < 4.78 is 91.7. The van der Waals surface area contributed by atoms with Crippen LogP contribution in [0.4, 0.5) is 26.3 Å². The number of ether oxygens (including phenoxy) is 2. The number of thioether (sulfide) groups is 1. The van der Waals surface area contributed by atoms with E-state index in [0.717, 1.165) is 6.07 Å². The van der Waals surface area contributed by atoms with Crippen molar-refractivity contribution in [2.75, 3.05) is 26.3 Å². The molecule has 0 spiro atoms. The highest BCUT2D eigenvalue weighted by Gasteiger charge is 2.38. The molecule has 0 saturated carbocycles. The number of nitrogens with zero attached hydrogens (tertiary/aromatic N) is 4. The van der Waals surface area contributed by atoms with E-state index in [2.05, 4.69) is 10.1 Å². The molecule has 0 N–H and O–H groups in total. The molecule has 2 aromatic carbocycles. The molecule has 5 rings (SSSR count). The summed E-state index contributed by atoms with van der Waals surface area (Å²) in [5.74, 6) is -0.854. The minimum Gasteiger partial charge on any atom is -0.463 e. The van der Waals surface area contributed by atoms with Gasteiger partial charge >= 0.3 is 18.3 Å². The van der Waals surface area contributed by atoms with Crippen LogP contribution in [0.15, 0.2) is 52.5 Å². The minimum atomic E-state index is -4.99. The summed E-state index contributed by atoms with van der Waals surface area (Å²) >= 11 is 1.18. The van der Waals surface area contributed by atoms with Gasteiger partial charge < -0.3 is 14.4 Å². The number of amides is 1. The molecule has 42 heavy (non-hydrogen) atoms. The smallest absolute Gasteiger partial charge is 0.416 e. The van der Waals surface area contributed by atoms with Crippen molar-refractivity contribution >= 4 is 45.8 Å². The average molecular weight is 613 g/mol. The highest BCUT2D eigenvalue weighted by molar-refractivity contribution is 8.18. The zero-order valence-electron chi connectivity index (χ0n) is 21.8. The molecule has 1 fully saturated rings. The Kier molecular flexibility index (Phi) is 8.07. The molecule has 3 heterocycles. The highest BCUT2D eigenvalue weighted by atomic mass is 32.2. The topological polar surface area (TPSA) is 86.0 Å². The van der Waals surface area contributed by atoms with Crippen LogP contribution in [0.2, 0.25) is 0 Å². The van der Waals surface area contributed by atoms with Gasteiger partial charge in [0.1, 0.15) is 12.7 Å². The zero-order valence-corrected chi connectivity index (χ0v) is 22.6. The Bertz CT molecular complexity index is 1600. The van der Waals surface area contributed by atoms with Gasteiger partial charge in [-0.3, -0.25) is 14.3 Å². The number of hydrogen-bond acceptors (Lipinski definition) is 7. The van der Waals surface area contributed by atoms with E-state index >= 15 is 0 Å². The monoisotopic (exact) mass is 612 g/mol. The number of aromatic nitrogens is 2. The van der Waals surface area contributed by atoms with Crippen LogP contribution >= 0.6 is 11.8 Å². The molecule has 0 radical (unpaired) electrons. The van der Waals surface area contributed by atoms with Gasteiger partial charge in [0.2, 0.25) is 0 Å². The first-order chi connectivity index (χ1) is 19.8. The van der Waals surface area contributed by atoms with Gasteiger partial charge in [0, 0.05) is 25.4 Å². The van der Waals surface area contributed by atoms with Gasteiger partial charge in [-0.2, -0.15) is 36.4 Å². The van der Waals surface area contributed by atoms with Gasteiger partial charge in [-0.1, -0.05) is 12.1 Å². The molecule has 1 atom stereocenters. The second kappa shape index (κ2) is 11.4. The van der Waals surface area contributed by atoms with Crippen molar-refractivity contribution in [2.24, 2.45) is 4.99 Å². The summed E-state index contributed by atoms with van der Waals surface area (Å²) in [6.07, 6.45) is -7.20. The fraction of sp³-hybridized carbons (Fsp3) is 0.333. The summed E-state index contributed by atoms with van der Waals surface area (Å²) in [4.78, 5) is 30.1. The van der Waals surface area contributed by atoms with E-state index in [9.17, 15) is 35.9 Å². The van der Waals surface area contributed by atoms with E-state index in [-0.39, 0.29) is 24.3 Å². The number of halogens is 6. The Morgan fingerprint density at radius 1 is 1.14 bits per heavy atom. The Labute approximate surface area is 239 Å². The van der Waals surface area contributed by atoms with Gasteiger partial charge in [0.15, 0.2) is 5.17 Å². The maximum atomic E-state index is 13.6. The van der Waals surface area contributed by atoms with E-state index in [1.165, 1.54) is 29.6 Å². The van der Waals surface area contributed by atoms with Crippen molar-refractivity contribution in [3.63, 3.8) is 0 Å². The zero-order chi connectivity index (χ0) is 30.2. The molecule has 15 heteroatoms. The summed E-state index contributed by atoms with van der Waals surface area (Å²) in [5.41, 5.74) is -2.05.